The average molecular weight is 971 g/mol. The molecule has 0 bridgehead atoms. The first-order valence-corrected chi connectivity index (χ1v) is 27.3. The van der Waals surface area contributed by atoms with E-state index < -0.39 is 10.7 Å². The molecule has 12 heteroatoms. The van der Waals surface area contributed by atoms with Crippen molar-refractivity contribution in [2.75, 3.05) is 25.6 Å². The first-order chi connectivity index (χ1) is 33.8. The van der Waals surface area contributed by atoms with Crippen molar-refractivity contribution < 1.29 is 38.6 Å². The summed E-state index contributed by atoms with van der Waals surface area (Å²) in [5.74, 6) is 0.687. The van der Waals surface area contributed by atoms with E-state index in [0.29, 0.717) is 30.6 Å². The number of benzene rings is 3. The summed E-state index contributed by atoms with van der Waals surface area (Å²) in [6.07, 6.45) is 27.7. The first-order valence-electron chi connectivity index (χ1n) is 26.2. The lowest BCUT2D eigenvalue weighted by molar-refractivity contribution is -0.384. The van der Waals surface area contributed by atoms with Crippen LogP contribution in [-0.2, 0) is 22.8 Å². The van der Waals surface area contributed by atoms with Gasteiger partial charge in [0.05, 0.1) is 28.4 Å². The molecule has 1 aliphatic heterocycles. The molecule has 1 heterocycles. The third-order valence-corrected chi connectivity index (χ3v) is 15.8. The summed E-state index contributed by atoms with van der Waals surface area (Å²) in [5.41, 5.74) is 4.12. The second-order valence-electron chi connectivity index (χ2n) is 19.3. The SMILES string of the molecule is C=CCOC12Oc3ccc(OCc4ccccc4F)cc3C3C(CCCCO)C(CCCCO)C=C(C(=NOCc4ccc([N+](=O)[O-])cc4)CC1SCCCCCCCCCCCCCCCC)C32. The van der Waals surface area contributed by atoms with Crippen LogP contribution in [0.5, 0.6) is 11.5 Å². The molecule has 0 aromatic heterocycles. The van der Waals surface area contributed by atoms with Crippen LogP contribution in [0.1, 0.15) is 164 Å². The fourth-order valence-corrected chi connectivity index (χ4v) is 12.2. The Morgan fingerprint density at radius 3 is 2.17 bits per heavy atom. The highest BCUT2D eigenvalue weighted by Crippen LogP contribution is 2.62. The Bertz CT molecular complexity index is 2080. The van der Waals surface area contributed by atoms with Crippen molar-refractivity contribution in [1.82, 2.24) is 0 Å². The number of non-ortho nitro benzene ring substituents is 1. The predicted octanol–water partition coefficient (Wildman–Crippen LogP) is 14.4. The maximum atomic E-state index is 14.8. The Kier molecular flexibility index (Phi) is 22.9. The molecule has 6 rings (SSSR count). The second kappa shape index (κ2) is 29.2. The van der Waals surface area contributed by atoms with Crippen molar-refractivity contribution in [2.45, 2.75) is 172 Å². The number of ether oxygens (including phenoxy) is 3. The molecule has 378 valence electrons. The number of nitro benzene ring substituents is 1. The zero-order valence-corrected chi connectivity index (χ0v) is 42.0. The Hall–Kier alpha value is -4.23. The lowest BCUT2D eigenvalue weighted by atomic mass is 9.56. The molecule has 3 aromatic rings. The van der Waals surface area contributed by atoms with Gasteiger partial charge in [0.25, 0.3) is 5.69 Å². The Morgan fingerprint density at radius 1 is 0.855 bits per heavy atom. The van der Waals surface area contributed by atoms with Crippen LogP contribution >= 0.6 is 11.8 Å². The van der Waals surface area contributed by atoms with E-state index in [1.165, 1.54) is 95.2 Å². The van der Waals surface area contributed by atoms with Gasteiger partial charge in [-0.1, -0.05) is 139 Å². The van der Waals surface area contributed by atoms with Crippen molar-refractivity contribution in [3.8, 4) is 11.5 Å². The number of nitro groups is 1. The highest BCUT2D eigenvalue weighted by molar-refractivity contribution is 8.00. The van der Waals surface area contributed by atoms with E-state index in [1.54, 1.807) is 36.4 Å². The monoisotopic (exact) mass is 971 g/mol. The lowest BCUT2D eigenvalue weighted by Gasteiger charge is -2.58. The highest BCUT2D eigenvalue weighted by atomic mass is 32.2. The van der Waals surface area contributed by atoms with Gasteiger partial charge < -0.3 is 29.3 Å². The molecule has 3 aromatic carbocycles. The smallest absolute Gasteiger partial charge is 0.269 e. The molecule has 1 saturated carbocycles. The number of aliphatic hydroxyl groups is 2. The molecule has 10 nitrogen and oxygen atoms in total. The van der Waals surface area contributed by atoms with Gasteiger partial charge in [-0.05, 0) is 97.2 Å². The van der Waals surface area contributed by atoms with Crippen LogP contribution in [0.25, 0.3) is 0 Å². The van der Waals surface area contributed by atoms with E-state index >= 15 is 0 Å². The summed E-state index contributed by atoms with van der Waals surface area (Å²) in [6, 6.07) is 19.0. The lowest BCUT2D eigenvalue weighted by Crippen LogP contribution is -2.64. The van der Waals surface area contributed by atoms with Crippen LogP contribution in [0.15, 0.2) is 96.2 Å². The normalized spacial score (nSPS) is 22.1. The fraction of sp³-hybridized carbons (Fsp3) is 0.596. The minimum atomic E-state index is -1.09. The number of rotatable bonds is 34. The van der Waals surface area contributed by atoms with Crippen LogP contribution in [0.3, 0.4) is 0 Å². The van der Waals surface area contributed by atoms with E-state index in [0.717, 1.165) is 72.4 Å². The van der Waals surface area contributed by atoms with Gasteiger partial charge >= 0.3 is 0 Å². The number of hydrogen-bond acceptors (Lipinski definition) is 10. The van der Waals surface area contributed by atoms with Crippen molar-refractivity contribution in [2.24, 2.45) is 22.9 Å². The standard InChI is InChI=1S/C57H79FN2O8S/c1-3-5-6-7-8-9-10-11-12-13-14-15-16-23-37-69-54-40-52(59-67-41-43-28-30-46(31-29-43)60(63)64)49-38-44(24-19-21-34-61)48(26-20-22-35-62)55-50-39-47(65-42-45-25-17-18-27-51(45)58)32-33-53(50)68-57(54,56(49)55)66-36-4-2/h4,17-18,25,27-33,38-39,44,48,54-56,61-62H,2-3,5-16,19-24,26,34-37,40-42H2,1H3. The molecular formula is C57H79FN2O8S. The number of allylic oxidation sites excluding steroid dienone is 1. The van der Waals surface area contributed by atoms with Gasteiger partial charge in [0, 0.05) is 48.8 Å². The molecule has 2 N–H and O–H groups in total. The zero-order valence-electron chi connectivity index (χ0n) is 41.2. The molecule has 1 fully saturated rings. The van der Waals surface area contributed by atoms with E-state index in [2.05, 4.69) is 25.6 Å². The summed E-state index contributed by atoms with van der Waals surface area (Å²) in [4.78, 5) is 17.2. The number of aliphatic hydroxyl groups excluding tert-OH is 2. The van der Waals surface area contributed by atoms with Gasteiger partial charge in [-0.3, -0.25) is 10.1 Å². The average Bonchev–Trinajstić information content (AvgIpc) is 3.36. The van der Waals surface area contributed by atoms with Gasteiger partial charge in [-0.2, -0.15) is 11.8 Å². The van der Waals surface area contributed by atoms with Crippen LogP contribution < -0.4 is 9.47 Å². The molecule has 0 radical (unpaired) electrons. The van der Waals surface area contributed by atoms with Crippen molar-refractivity contribution in [3.63, 3.8) is 0 Å². The molecule has 2 aliphatic carbocycles. The summed E-state index contributed by atoms with van der Waals surface area (Å²) in [5, 5.41) is 36.1. The number of hydrogen-bond donors (Lipinski definition) is 2. The van der Waals surface area contributed by atoms with E-state index in [9.17, 15) is 24.7 Å². The van der Waals surface area contributed by atoms with Gasteiger partial charge in [0.1, 0.15) is 30.5 Å². The van der Waals surface area contributed by atoms with E-state index in [-0.39, 0.29) is 73.5 Å². The fourth-order valence-electron chi connectivity index (χ4n) is 10.8. The molecule has 6 atom stereocenters. The van der Waals surface area contributed by atoms with Crippen molar-refractivity contribution in [3.05, 3.63) is 124 Å². The number of oxime groups is 1. The number of fused-ring (bicyclic) bond motifs is 2. The Balaban J connectivity index is 1.30. The minimum absolute atomic E-state index is 0.0180. The number of nitrogens with zero attached hydrogens (tertiary/aromatic N) is 2. The number of unbranched alkanes of at least 4 members (excludes halogenated alkanes) is 15. The molecule has 6 unspecified atom stereocenters. The zero-order chi connectivity index (χ0) is 48.7. The third kappa shape index (κ3) is 15.4. The third-order valence-electron chi connectivity index (χ3n) is 14.3. The second-order valence-corrected chi connectivity index (χ2v) is 20.6. The summed E-state index contributed by atoms with van der Waals surface area (Å²) in [7, 11) is 0. The minimum Gasteiger partial charge on any atom is -0.489 e. The maximum absolute atomic E-state index is 14.8. The van der Waals surface area contributed by atoms with E-state index in [4.69, 9.17) is 24.2 Å². The molecule has 69 heavy (non-hydrogen) atoms. The molecule has 0 saturated heterocycles. The largest absolute Gasteiger partial charge is 0.489 e. The van der Waals surface area contributed by atoms with Gasteiger partial charge in [0.2, 0.25) is 5.79 Å². The van der Waals surface area contributed by atoms with Gasteiger partial charge in [-0.15, -0.1) is 6.58 Å². The van der Waals surface area contributed by atoms with Gasteiger partial charge in [-0.25, -0.2) is 4.39 Å². The molecule has 0 spiro atoms. The van der Waals surface area contributed by atoms with Crippen LogP contribution in [0, 0.1) is 33.7 Å². The Labute approximate surface area is 415 Å². The Morgan fingerprint density at radius 2 is 1.52 bits per heavy atom. The summed E-state index contributed by atoms with van der Waals surface area (Å²) < 4.78 is 35.6. The van der Waals surface area contributed by atoms with Crippen molar-refractivity contribution >= 4 is 23.2 Å². The number of halogens is 1. The van der Waals surface area contributed by atoms with Crippen molar-refractivity contribution in [1.29, 1.82) is 0 Å². The molecule has 3 aliphatic rings. The quantitative estimate of drug-likeness (QED) is 0.0260. The summed E-state index contributed by atoms with van der Waals surface area (Å²) in [6.45, 7) is 7.07. The van der Waals surface area contributed by atoms with E-state index in [1.807, 2.05) is 23.9 Å². The van der Waals surface area contributed by atoms with Gasteiger partial charge in [0.15, 0.2) is 0 Å². The van der Waals surface area contributed by atoms with Crippen LogP contribution in [0.4, 0.5) is 10.1 Å². The van der Waals surface area contributed by atoms with Crippen LogP contribution in [-0.4, -0.2) is 57.5 Å². The molecular weight excluding hydrogens is 892 g/mol. The molecule has 0 amide bonds. The summed E-state index contributed by atoms with van der Waals surface area (Å²) >= 11 is 1.89. The van der Waals surface area contributed by atoms with Crippen LogP contribution in [0.2, 0.25) is 0 Å². The predicted molar refractivity (Wildman–Crippen MR) is 276 cm³/mol. The first kappa shape index (κ1) is 54.1. The maximum Gasteiger partial charge on any atom is 0.269 e. The highest BCUT2D eigenvalue weighted by Gasteiger charge is 2.64. The number of thioether (sulfide) groups is 1. The topological polar surface area (TPSA) is 133 Å².